The summed E-state index contributed by atoms with van der Waals surface area (Å²) >= 11 is 0. The van der Waals surface area contributed by atoms with E-state index in [-0.39, 0.29) is 12.1 Å². The largest absolute Gasteiger partial charge is 0.311 e. The lowest BCUT2D eigenvalue weighted by molar-refractivity contribution is -0.129. The Hall–Kier alpha value is -2.05. The van der Waals surface area contributed by atoms with Gasteiger partial charge in [0.15, 0.2) is 5.78 Å². The molecule has 0 amide bonds. The molecule has 2 N–H and O–H groups in total. The van der Waals surface area contributed by atoms with Crippen LogP contribution in [0.15, 0.2) is 60.7 Å². The van der Waals surface area contributed by atoms with Crippen LogP contribution in [0, 0.1) is 0 Å². The molecule has 2 aromatic carbocycles. The molecule has 2 saturated carbocycles. The van der Waals surface area contributed by atoms with Gasteiger partial charge in [0.25, 0.3) is 0 Å². The fourth-order valence-corrected chi connectivity index (χ4v) is 7.12. The third-order valence-electron chi connectivity index (χ3n) is 9.91. The summed E-state index contributed by atoms with van der Waals surface area (Å²) in [5.41, 5.74) is 2.94. The summed E-state index contributed by atoms with van der Waals surface area (Å²) in [5.74, 6) is 1.77. The van der Waals surface area contributed by atoms with E-state index >= 15 is 0 Å². The first-order chi connectivity index (χ1) is 18.6. The summed E-state index contributed by atoms with van der Waals surface area (Å²) in [6, 6.07) is 24.3. The van der Waals surface area contributed by atoms with Crippen molar-refractivity contribution in [1.82, 2.24) is 20.4 Å². The third kappa shape index (κ3) is 6.07. The van der Waals surface area contributed by atoms with E-state index in [0.717, 1.165) is 51.9 Å². The zero-order chi connectivity index (χ0) is 26.1. The van der Waals surface area contributed by atoms with Crippen LogP contribution in [0.25, 0.3) is 0 Å². The van der Waals surface area contributed by atoms with Crippen molar-refractivity contribution in [3.8, 4) is 0 Å². The van der Waals surface area contributed by atoms with E-state index in [9.17, 15) is 4.79 Å². The predicted molar refractivity (Wildman–Crippen MR) is 155 cm³/mol. The van der Waals surface area contributed by atoms with Crippen LogP contribution in [-0.4, -0.2) is 78.0 Å². The molecule has 4 aliphatic rings. The lowest BCUT2D eigenvalue weighted by Gasteiger charge is -2.40. The van der Waals surface area contributed by atoms with Crippen molar-refractivity contribution < 1.29 is 4.79 Å². The summed E-state index contributed by atoms with van der Waals surface area (Å²) in [5, 5.41) is 7.83. The van der Waals surface area contributed by atoms with Gasteiger partial charge in [0.2, 0.25) is 0 Å². The number of nitrogens with zero attached hydrogens (tertiary/aromatic N) is 2. The smallest absolute Gasteiger partial charge is 0.166 e. The van der Waals surface area contributed by atoms with Gasteiger partial charge in [-0.2, -0.15) is 0 Å². The van der Waals surface area contributed by atoms with Crippen LogP contribution in [0.5, 0.6) is 0 Å². The maximum absolute atomic E-state index is 13.5. The minimum atomic E-state index is 0.0119. The number of nitrogens with one attached hydrogen (secondary N) is 2. The maximum Gasteiger partial charge on any atom is 0.166 e. The molecule has 2 aliphatic carbocycles. The monoisotopic (exact) mass is 514 g/mol. The van der Waals surface area contributed by atoms with E-state index in [1.54, 1.807) is 0 Å². The van der Waals surface area contributed by atoms with Crippen LogP contribution in [0.2, 0.25) is 0 Å². The quantitative estimate of drug-likeness (QED) is 0.487. The van der Waals surface area contributed by atoms with Crippen molar-refractivity contribution in [2.45, 2.75) is 100 Å². The van der Waals surface area contributed by atoms with Crippen molar-refractivity contribution in [2.75, 3.05) is 26.2 Å². The van der Waals surface area contributed by atoms with E-state index in [1.165, 1.54) is 24.0 Å². The number of piperidine rings is 2. The van der Waals surface area contributed by atoms with Crippen LogP contribution >= 0.6 is 0 Å². The van der Waals surface area contributed by atoms with Gasteiger partial charge in [-0.25, -0.2) is 0 Å². The maximum atomic E-state index is 13.5. The summed E-state index contributed by atoms with van der Waals surface area (Å²) in [6.45, 7) is 8.38. The van der Waals surface area contributed by atoms with Gasteiger partial charge in [-0.05, 0) is 63.5 Å². The van der Waals surface area contributed by atoms with Gasteiger partial charge >= 0.3 is 0 Å². The molecule has 204 valence electrons. The SMILES string of the molecule is CC(C(=O)C(C)N1CCC(NC2CC2c2ccccc2)CC1)N1CCC(NC2CC2c2ccccc2)CC1. The highest BCUT2D eigenvalue weighted by Crippen LogP contribution is 2.42. The lowest BCUT2D eigenvalue weighted by Crippen LogP contribution is -2.55. The molecule has 6 atom stereocenters. The first-order valence-corrected chi connectivity index (χ1v) is 15.2. The molecule has 4 fully saturated rings. The van der Waals surface area contributed by atoms with Gasteiger partial charge in [-0.1, -0.05) is 60.7 Å². The zero-order valence-corrected chi connectivity index (χ0v) is 23.3. The van der Waals surface area contributed by atoms with E-state index < -0.39 is 0 Å². The highest BCUT2D eigenvalue weighted by molar-refractivity contribution is 5.88. The van der Waals surface area contributed by atoms with Crippen LogP contribution in [0.4, 0.5) is 0 Å². The average Bonchev–Trinajstić information content (AvgIpc) is 3.91. The zero-order valence-electron chi connectivity index (χ0n) is 23.3. The Labute approximate surface area is 229 Å². The number of Topliss-reactive ketones (excluding diaryl/α,β-unsaturated/α-hetero) is 1. The van der Waals surface area contributed by atoms with E-state index in [4.69, 9.17) is 0 Å². The molecule has 5 nitrogen and oxygen atoms in total. The Kier molecular flexibility index (Phi) is 7.99. The van der Waals surface area contributed by atoms with Crippen molar-refractivity contribution in [3.63, 3.8) is 0 Å². The number of carbonyl (C=O) groups is 1. The summed E-state index contributed by atoms with van der Waals surface area (Å²) < 4.78 is 0. The van der Waals surface area contributed by atoms with Gasteiger partial charge in [-0.15, -0.1) is 0 Å². The molecule has 6 rings (SSSR count). The Morgan fingerprint density at radius 3 is 1.39 bits per heavy atom. The summed E-state index contributed by atoms with van der Waals surface area (Å²) in [4.78, 5) is 18.3. The number of rotatable bonds is 10. The van der Waals surface area contributed by atoms with Crippen LogP contribution in [0.3, 0.4) is 0 Å². The third-order valence-corrected chi connectivity index (χ3v) is 9.91. The number of carbonyl (C=O) groups excluding carboxylic acids is 1. The molecule has 2 heterocycles. The van der Waals surface area contributed by atoms with Gasteiger partial charge in [0.1, 0.15) is 0 Å². The second-order valence-electron chi connectivity index (χ2n) is 12.4. The number of ketones is 1. The van der Waals surface area contributed by atoms with Gasteiger partial charge in [-0.3, -0.25) is 14.6 Å². The first-order valence-electron chi connectivity index (χ1n) is 15.2. The van der Waals surface area contributed by atoms with Gasteiger partial charge in [0.05, 0.1) is 12.1 Å². The molecule has 0 spiro atoms. The Balaban J connectivity index is 0.899. The first kappa shape index (κ1) is 26.2. The highest BCUT2D eigenvalue weighted by Gasteiger charge is 2.41. The molecule has 0 bridgehead atoms. The number of likely N-dealkylation sites (tertiary alicyclic amines) is 2. The molecule has 6 unspecified atom stereocenters. The molecule has 5 heteroatoms. The summed E-state index contributed by atoms with van der Waals surface area (Å²) in [7, 11) is 0. The minimum absolute atomic E-state index is 0.0119. The second kappa shape index (κ2) is 11.6. The Morgan fingerprint density at radius 2 is 1.03 bits per heavy atom. The van der Waals surface area contributed by atoms with Crippen LogP contribution < -0.4 is 10.6 Å². The van der Waals surface area contributed by atoms with Crippen molar-refractivity contribution in [1.29, 1.82) is 0 Å². The average molecular weight is 515 g/mol. The molecule has 2 aromatic rings. The fourth-order valence-electron chi connectivity index (χ4n) is 7.12. The Bertz CT molecular complexity index is 962. The number of benzene rings is 2. The van der Waals surface area contributed by atoms with E-state index in [2.05, 4.69) is 94.9 Å². The molecule has 38 heavy (non-hydrogen) atoms. The van der Waals surface area contributed by atoms with Crippen molar-refractivity contribution >= 4 is 5.78 Å². The van der Waals surface area contributed by atoms with Gasteiger partial charge in [0, 0.05) is 62.2 Å². The van der Waals surface area contributed by atoms with E-state index in [0.29, 0.717) is 41.8 Å². The van der Waals surface area contributed by atoms with Crippen LogP contribution in [0.1, 0.15) is 75.3 Å². The molecular weight excluding hydrogens is 468 g/mol. The van der Waals surface area contributed by atoms with Crippen molar-refractivity contribution in [3.05, 3.63) is 71.8 Å². The lowest BCUT2D eigenvalue weighted by atomic mass is 9.97. The molecule has 2 aliphatic heterocycles. The predicted octanol–water partition coefficient (Wildman–Crippen LogP) is 4.55. The normalized spacial score (nSPS) is 30.6. The van der Waals surface area contributed by atoms with Crippen molar-refractivity contribution in [2.24, 2.45) is 0 Å². The molecule has 2 saturated heterocycles. The van der Waals surface area contributed by atoms with E-state index in [1.807, 2.05) is 0 Å². The standard InChI is InChI=1S/C33H46N4O/c1-23(36-17-13-27(14-18-36)34-31-21-29(31)25-9-5-3-6-10-25)33(38)24(2)37-19-15-28(16-20-37)35-32-22-30(32)26-11-7-4-8-12-26/h3-12,23-24,27-32,34-35H,13-22H2,1-2H3. The molecular formula is C33H46N4O. The number of hydrogen-bond donors (Lipinski definition) is 2. The summed E-state index contributed by atoms with van der Waals surface area (Å²) in [6.07, 6.45) is 7.10. The molecule has 0 radical (unpaired) electrons. The minimum Gasteiger partial charge on any atom is -0.311 e. The van der Waals surface area contributed by atoms with Crippen LogP contribution in [-0.2, 0) is 4.79 Å². The second-order valence-corrected chi connectivity index (χ2v) is 12.4. The fraction of sp³-hybridized carbons (Fsp3) is 0.606. The molecule has 0 aromatic heterocycles. The Morgan fingerprint density at radius 1 is 0.658 bits per heavy atom. The topological polar surface area (TPSA) is 47.6 Å². The number of hydrogen-bond acceptors (Lipinski definition) is 5. The highest BCUT2D eigenvalue weighted by atomic mass is 16.1. The van der Waals surface area contributed by atoms with Gasteiger partial charge < -0.3 is 10.6 Å².